The van der Waals surface area contributed by atoms with Gasteiger partial charge in [0.05, 0.1) is 10.6 Å². The molecule has 1 heterocycles. The van der Waals surface area contributed by atoms with Gasteiger partial charge < -0.3 is 10.0 Å². The van der Waals surface area contributed by atoms with Crippen molar-refractivity contribution >= 4 is 27.4 Å². The largest absolute Gasteiger partial charge is 0.480 e. The van der Waals surface area contributed by atoms with E-state index in [0.717, 1.165) is 27.7 Å². The van der Waals surface area contributed by atoms with Crippen LogP contribution in [0.3, 0.4) is 0 Å². The Kier molecular flexibility index (Phi) is 6.64. The number of hydrogen-bond donors (Lipinski definition) is 1. The molecule has 1 aliphatic heterocycles. The number of sulfonamides is 1. The van der Waals surface area contributed by atoms with Crippen molar-refractivity contribution in [2.45, 2.75) is 52.5 Å². The minimum atomic E-state index is -4.10. The van der Waals surface area contributed by atoms with E-state index in [1.807, 2.05) is 31.2 Å². The topological polar surface area (TPSA) is 77.9 Å². The van der Waals surface area contributed by atoms with Crippen molar-refractivity contribution < 1.29 is 18.3 Å². The van der Waals surface area contributed by atoms with Gasteiger partial charge >= 0.3 is 5.97 Å². The maximum atomic E-state index is 13.9. The van der Waals surface area contributed by atoms with E-state index in [4.69, 9.17) is 0 Å². The van der Waals surface area contributed by atoms with Crippen LogP contribution in [-0.2, 0) is 27.8 Å². The Morgan fingerprint density at radius 1 is 0.943 bits per heavy atom. The molecule has 7 heteroatoms. The summed E-state index contributed by atoms with van der Waals surface area (Å²) in [5.41, 5.74) is 8.05. The van der Waals surface area contributed by atoms with Gasteiger partial charge in [0.15, 0.2) is 0 Å². The number of aryl methyl sites for hydroxylation is 5. The summed E-state index contributed by atoms with van der Waals surface area (Å²) in [4.78, 5) is 14.2. The molecule has 0 aromatic heterocycles. The Balaban J connectivity index is 1.78. The van der Waals surface area contributed by atoms with Crippen molar-refractivity contribution in [3.63, 3.8) is 0 Å². The van der Waals surface area contributed by atoms with Crippen molar-refractivity contribution in [3.8, 4) is 0 Å². The SMILES string of the molecule is Cc1cc(C)cc(CN2CCc3c2cccc3N(CC(=O)O)S(=O)(=O)c2c(C)cc(C)cc2C)c1. The quantitative estimate of drug-likeness (QED) is 0.498. The average Bonchev–Trinajstić information content (AvgIpc) is 3.13. The minimum Gasteiger partial charge on any atom is -0.480 e. The van der Waals surface area contributed by atoms with Gasteiger partial charge in [0.2, 0.25) is 0 Å². The number of carbonyl (C=O) groups is 1. The van der Waals surface area contributed by atoms with Gasteiger partial charge in [0.25, 0.3) is 10.0 Å². The molecule has 0 saturated carbocycles. The van der Waals surface area contributed by atoms with E-state index < -0.39 is 22.5 Å². The summed E-state index contributed by atoms with van der Waals surface area (Å²) in [5, 5.41) is 9.67. The summed E-state index contributed by atoms with van der Waals surface area (Å²) < 4.78 is 28.9. The van der Waals surface area contributed by atoms with Gasteiger partial charge in [0.1, 0.15) is 6.54 Å². The van der Waals surface area contributed by atoms with Gasteiger partial charge in [-0.1, -0.05) is 53.1 Å². The van der Waals surface area contributed by atoms with Gasteiger partial charge in [0, 0.05) is 24.3 Å². The first-order valence-corrected chi connectivity index (χ1v) is 13.2. The fourth-order valence-electron chi connectivity index (χ4n) is 5.37. The molecule has 0 amide bonds. The first-order valence-electron chi connectivity index (χ1n) is 11.7. The Bertz CT molecular complexity index is 1370. The summed E-state index contributed by atoms with van der Waals surface area (Å²) in [6, 6.07) is 15.6. The molecule has 35 heavy (non-hydrogen) atoms. The first-order chi connectivity index (χ1) is 16.5. The molecule has 0 atom stereocenters. The Labute approximate surface area is 207 Å². The number of carboxylic acids is 1. The molecule has 1 N–H and O–H groups in total. The lowest BCUT2D eigenvalue weighted by atomic mass is 10.1. The number of carboxylic acid groups (broad SMARTS) is 1. The standard InChI is InChI=1S/C28H32N2O4S/c1-18-11-19(2)15-23(14-18)16-29-10-9-24-25(29)7-6-8-26(24)30(17-27(31)32)35(33,34)28-21(4)12-20(3)13-22(28)5/h6-8,11-15H,9-10,16-17H2,1-5H3,(H,31,32). The molecule has 0 fully saturated rings. The van der Waals surface area contributed by atoms with E-state index in [1.54, 1.807) is 19.9 Å². The maximum absolute atomic E-state index is 13.9. The van der Waals surface area contributed by atoms with Gasteiger partial charge in [-0.05, 0) is 69.9 Å². The molecule has 0 saturated heterocycles. The lowest BCUT2D eigenvalue weighted by molar-refractivity contribution is -0.135. The minimum absolute atomic E-state index is 0.173. The average molecular weight is 493 g/mol. The molecular weight excluding hydrogens is 460 g/mol. The third-order valence-electron chi connectivity index (χ3n) is 6.45. The lowest BCUT2D eigenvalue weighted by Crippen LogP contribution is -2.37. The Hall–Kier alpha value is -3.32. The lowest BCUT2D eigenvalue weighted by Gasteiger charge is -2.27. The number of anilines is 2. The van der Waals surface area contributed by atoms with E-state index in [1.165, 1.54) is 16.7 Å². The predicted octanol–water partition coefficient (Wildman–Crippen LogP) is 5.07. The predicted molar refractivity (Wildman–Crippen MR) is 140 cm³/mol. The van der Waals surface area contributed by atoms with E-state index in [2.05, 4.69) is 36.9 Å². The molecular formula is C28H32N2O4S. The second-order valence-corrected chi connectivity index (χ2v) is 11.4. The molecule has 0 unspecified atom stereocenters. The molecule has 0 aliphatic carbocycles. The van der Waals surface area contributed by atoms with Crippen molar-refractivity contribution in [2.24, 2.45) is 0 Å². The third kappa shape index (κ3) is 4.91. The monoisotopic (exact) mass is 492 g/mol. The molecule has 184 valence electrons. The van der Waals surface area contributed by atoms with E-state index in [-0.39, 0.29) is 4.90 Å². The fourth-order valence-corrected chi connectivity index (χ4v) is 7.23. The highest BCUT2D eigenvalue weighted by molar-refractivity contribution is 7.93. The highest BCUT2D eigenvalue weighted by Crippen LogP contribution is 2.39. The fraction of sp³-hybridized carbons (Fsp3) is 0.321. The number of benzene rings is 3. The van der Waals surface area contributed by atoms with Crippen LogP contribution in [0.4, 0.5) is 11.4 Å². The van der Waals surface area contributed by atoms with Crippen LogP contribution in [-0.4, -0.2) is 32.6 Å². The molecule has 1 aliphatic rings. The smallest absolute Gasteiger partial charge is 0.324 e. The van der Waals surface area contributed by atoms with E-state index in [9.17, 15) is 18.3 Å². The molecule has 0 bridgehead atoms. The zero-order valence-electron chi connectivity index (χ0n) is 20.9. The summed E-state index contributed by atoms with van der Waals surface area (Å²) in [6.45, 7) is 10.4. The molecule has 3 aromatic carbocycles. The zero-order valence-corrected chi connectivity index (χ0v) is 21.7. The Morgan fingerprint density at radius 3 is 2.14 bits per heavy atom. The zero-order chi connectivity index (χ0) is 25.5. The summed E-state index contributed by atoms with van der Waals surface area (Å²) in [6.07, 6.45) is 0.647. The highest BCUT2D eigenvalue weighted by atomic mass is 32.2. The van der Waals surface area contributed by atoms with Crippen LogP contribution < -0.4 is 9.21 Å². The molecule has 4 rings (SSSR count). The number of nitrogens with zero attached hydrogens (tertiary/aromatic N) is 2. The highest BCUT2D eigenvalue weighted by Gasteiger charge is 2.34. The maximum Gasteiger partial charge on any atom is 0.324 e. The van der Waals surface area contributed by atoms with Crippen molar-refractivity contribution in [1.82, 2.24) is 0 Å². The number of aliphatic carboxylic acids is 1. The Morgan fingerprint density at radius 2 is 1.54 bits per heavy atom. The summed E-state index contributed by atoms with van der Waals surface area (Å²) >= 11 is 0. The van der Waals surface area contributed by atoms with Crippen LogP contribution in [0.2, 0.25) is 0 Å². The number of fused-ring (bicyclic) bond motifs is 1. The number of rotatable bonds is 7. The third-order valence-corrected chi connectivity index (χ3v) is 8.52. The van der Waals surface area contributed by atoms with Crippen LogP contribution in [0.25, 0.3) is 0 Å². The van der Waals surface area contributed by atoms with Crippen molar-refractivity contribution in [2.75, 3.05) is 22.3 Å². The van der Waals surface area contributed by atoms with Crippen LogP contribution in [0, 0.1) is 34.6 Å². The molecule has 0 spiro atoms. The van der Waals surface area contributed by atoms with Crippen molar-refractivity contribution in [3.05, 3.63) is 87.5 Å². The van der Waals surface area contributed by atoms with Gasteiger partial charge in [-0.15, -0.1) is 0 Å². The number of hydrogen-bond acceptors (Lipinski definition) is 4. The first kappa shape index (κ1) is 24.8. The molecule has 0 radical (unpaired) electrons. The van der Waals surface area contributed by atoms with Crippen LogP contribution in [0.1, 0.15) is 38.9 Å². The van der Waals surface area contributed by atoms with Gasteiger partial charge in [-0.2, -0.15) is 0 Å². The second kappa shape index (κ2) is 9.38. The van der Waals surface area contributed by atoms with E-state index in [0.29, 0.717) is 29.8 Å². The van der Waals surface area contributed by atoms with Crippen LogP contribution in [0.5, 0.6) is 0 Å². The second-order valence-electron chi connectivity index (χ2n) is 9.58. The normalized spacial score (nSPS) is 13.1. The molecule has 6 nitrogen and oxygen atoms in total. The van der Waals surface area contributed by atoms with Crippen LogP contribution in [0.15, 0.2) is 53.4 Å². The van der Waals surface area contributed by atoms with Gasteiger partial charge in [-0.25, -0.2) is 8.42 Å². The summed E-state index contributed by atoms with van der Waals surface area (Å²) in [7, 11) is -4.10. The van der Waals surface area contributed by atoms with Gasteiger partial charge in [-0.3, -0.25) is 9.10 Å². The van der Waals surface area contributed by atoms with Crippen LogP contribution >= 0.6 is 0 Å². The van der Waals surface area contributed by atoms with E-state index >= 15 is 0 Å². The summed E-state index contributed by atoms with van der Waals surface area (Å²) in [5.74, 6) is -1.20. The van der Waals surface area contributed by atoms with Crippen molar-refractivity contribution in [1.29, 1.82) is 0 Å². The molecule has 3 aromatic rings.